The summed E-state index contributed by atoms with van der Waals surface area (Å²) in [5.74, 6) is 0.538. The molecule has 18 heavy (non-hydrogen) atoms. The molecule has 0 atom stereocenters. The topological polar surface area (TPSA) is 38.3 Å². The number of nitrogens with one attached hydrogen (secondary N) is 1. The van der Waals surface area contributed by atoms with Crippen molar-refractivity contribution in [3.05, 3.63) is 28.8 Å². The molecule has 1 amide bonds. The van der Waals surface area contributed by atoms with Gasteiger partial charge in [0.25, 0.3) is 5.91 Å². The minimum atomic E-state index is -0.198. The Morgan fingerprint density at radius 3 is 2.67 bits per heavy atom. The maximum Gasteiger partial charge on any atom is 0.258 e. The SMILES string of the molecule is CCC(C)(C)NC(=O)COc1ccc(Cl)c(C)c1. The van der Waals surface area contributed by atoms with Crippen LogP contribution in [0.2, 0.25) is 5.02 Å². The van der Waals surface area contributed by atoms with Gasteiger partial charge in [0.05, 0.1) is 0 Å². The Morgan fingerprint density at radius 2 is 2.11 bits per heavy atom. The highest BCUT2D eigenvalue weighted by molar-refractivity contribution is 6.31. The maximum absolute atomic E-state index is 11.7. The van der Waals surface area contributed by atoms with E-state index in [0.29, 0.717) is 10.8 Å². The van der Waals surface area contributed by atoms with Crippen molar-refractivity contribution in [2.45, 2.75) is 39.7 Å². The summed E-state index contributed by atoms with van der Waals surface area (Å²) in [4.78, 5) is 11.7. The summed E-state index contributed by atoms with van der Waals surface area (Å²) in [6.45, 7) is 7.92. The lowest BCUT2D eigenvalue weighted by molar-refractivity contribution is -0.124. The fourth-order valence-electron chi connectivity index (χ4n) is 1.36. The van der Waals surface area contributed by atoms with E-state index in [1.807, 2.05) is 33.8 Å². The molecule has 0 aromatic heterocycles. The predicted molar refractivity (Wildman–Crippen MR) is 74.2 cm³/mol. The number of carbonyl (C=O) groups is 1. The van der Waals surface area contributed by atoms with Crippen molar-refractivity contribution in [3.8, 4) is 5.75 Å². The summed E-state index contributed by atoms with van der Waals surface area (Å²) in [6, 6.07) is 5.34. The first-order valence-corrected chi connectivity index (χ1v) is 6.42. The number of halogens is 1. The quantitative estimate of drug-likeness (QED) is 0.890. The number of rotatable bonds is 5. The number of hydrogen-bond acceptors (Lipinski definition) is 2. The fraction of sp³-hybridized carbons (Fsp3) is 0.500. The molecule has 0 fully saturated rings. The molecular weight excluding hydrogens is 250 g/mol. The number of ether oxygens (including phenoxy) is 1. The van der Waals surface area contributed by atoms with Crippen molar-refractivity contribution in [3.63, 3.8) is 0 Å². The highest BCUT2D eigenvalue weighted by Crippen LogP contribution is 2.20. The van der Waals surface area contributed by atoms with Crippen molar-refractivity contribution in [1.29, 1.82) is 0 Å². The molecule has 0 aliphatic rings. The van der Waals surface area contributed by atoms with Crippen molar-refractivity contribution in [2.75, 3.05) is 6.61 Å². The third-order valence-electron chi connectivity index (χ3n) is 2.86. The molecule has 3 nitrogen and oxygen atoms in total. The number of amides is 1. The van der Waals surface area contributed by atoms with Crippen LogP contribution in [0.3, 0.4) is 0 Å². The summed E-state index contributed by atoms with van der Waals surface area (Å²) in [7, 11) is 0. The highest BCUT2D eigenvalue weighted by atomic mass is 35.5. The van der Waals surface area contributed by atoms with Gasteiger partial charge in [-0.3, -0.25) is 4.79 Å². The third-order valence-corrected chi connectivity index (χ3v) is 3.29. The first-order chi connectivity index (χ1) is 8.34. The average molecular weight is 270 g/mol. The molecule has 0 radical (unpaired) electrons. The van der Waals surface area contributed by atoms with Gasteiger partial charge in [-0.1, -0.05) is 18.5 Å². The largest absolute Gasteiger partial charge is 0.484 e. The van der Waals surface area contributed by atoms with Crippen molar-refractivity contribution >= 4 is 17.5 Å². The van der Waals surface area contributed by atoms with Crippen LogP contribution in [0.5, 0.6) is 5.75 Å². The predicted octanol–water partition coefficient (Wildman–Crippen LogP) is 3.33. The molecule has 0 saturated carbocycles. The van der Waals surface area contributed by atoms with E-state index in [0.717, 1.165) is 12.0 Å². The van der Waals surface area contributed by atoms with Gasteiger partial charge < -0.3 is 10.1 Å². The van der Waals surface area contributed by atoms with Crippen molar-refractivity contribution in [1.82, 2.24) is 5.32 Å². The molecule has 0 saturated heterocycles. The summed E-state index contributed by atoms with van der Waals surface area (Å²) in [5.41, 5.74) is 0.736. The lowest BCUT2D eigenvalue weighted by Gasteiger charge is -2.24. The van der Waals surface area contributed by atoms with Crippen LogP contribution in [0.4, 0.5) is 0 Å². The van der Waals surface area contributed by atoms with Gasteiger partial charge in [-0.15, -0.1) is 0 Å². The number of benzene rings is 1. The molecule has 1 aromatic carbocycles. The van der Waals surface area contributed by atoms with Gasteiger partial charge in [-0.25, -0.2) is 0 Å². The van der Waals surface area contributed by atoms with Gasteiger partial charge in [-0.2, -0.15) is 0 Å². The molecule has 0 aliphatic carbocycles. The number of aryl methyl sites for hydroxylation is 1. The molecule has 0 spiro atoms. The second kappa shape index (κ2) is 6.10. The van der Waals surface area contributed by atoms with Gasteiger partial charge in [0.1, 0.15) is 5.75 Å². The summed E-state index contributed by atoms with van der Waals surface area (Å²) in [5, 5.41) is 3.61. The molecule has 1 rings (SSSR count). The first-order valence-electron chi connectivity index (χ1n) is 6.04. The van der Waals surface area contributed by atoms with Crippen LogP contribution in [0.25, 0.3) is 0 Å². The molecule has 0 aliphatic heterocycles. The zero-order valence-electron chi connectivity index (χ0n) is 11.3. The number of hydrogen-bond donors (Lipinski definition) is 1. The smallest absolute Gasteiger partial charge is 0.258 e. The molecule has 4 heteroatoms. The zero-order valence-corrected chi connectivity index (χ0v) is 12.1. The minimum absolute atomic E-state index is 0.0184. The molecule has 0 bridgehead atoms. The second-order valence-corrected chi connectivity index (χ2v) is 5.39. The highest BCUT2D eigenvalue weighted by Gasteiger charge is 2.17. The second-order valence-electron chi connectivity index (χ2n) is 4.99. The van der Waals surface area contributed by atoms with E-state index in [1.165, 1.54) is 0 Å². The van der Waals surface area contributed by atoms with Crippen LogP contribution in [0.15, 0.2) is 18.2 Å². The monoisotopic (exact) mass is 269 g/mol. The van der Waals surface area contributed by atoms with E-state index in [4.69, 9.17) is 16.3 Å². The molecule has 100 valence electrons. The normalized spacial score (nSPS) is 11.2. The van der Waals surface area contributed by atoms with E-state index in [1.54, 1.807) is 12.1 Å². The summed E-state index contributed by atoms with van der Waals surface area (Å²) in [6.07, 6.45) is 0.874. The van der Waals surface area contributed by atoms with Gasteiger partial charge in [0.15, 0.2) is 6.61 Å². The molecular formula is C14H20ClNO2. The average Bonchev–Trinajstić information content (AvgIpc) is 2.30. The van der Waals surface area contributed by atoms with Gasteiger partial charge in [-0.05, 0) is 51.0 Å². The summed E-state index contributed by atoms with van der Waals surface area (Å²) < 4.78 is 5.42. The van der Waals surface area contributed by atoms with Crippen molar-refractivity contribution < 1.29 is 9.53 Å². The summed E-state index contributed by atoms with van der Waals surface area (Å²) >= 11 is 5.91. The molecule has 1 N–H and O–H groups in total. The Labute approximate surface area is 113 Å². The number of carbonyl (C=O) groups excluding carboxylic acids is 1. The van der Waals surface area contributed by atoms with Gasteiger partial charge >= 0.3 is 0 Å². The van der Waals surface area contributed by atoms with Gasteiger partial charge in [0, 0.05) is 10.6 Å². The Hall–Kier alpha value is -1.22. The minimum Gasteiger partial charge on any atom is -0.484 e. The van der Waals surface area contributed by atoms with E-state index < -0.39 is 0 Å². The Bertz CT molecular complexity index is 430. The van der Waals surface area contributed by atoms with E-state index in [9.17, 15) is 4.79 Å². The Kier molecular flexibility index (Phi) is 5.03. The molecule has 1 aromatic rings. The molecule has 0 heterocycles. The first kappa shape index (κ1) is 14.8. The van der Waals surface area contributed by atoms with Crippen LogP contribution >= 0.6 is 11.6 Å². The van der Waals surface area contributed by atoms with Crippen LogP contribution in [0.1, 0.15) is 32.8 Å². The van der Waals surface area contributed by atoms with E-state index in [-0.39, 0.29) is 18.1 Å². The lowest BCUT2D eigenvalue weighted by atomic mass is 10.0. The molecule has 0 unspecified atom stereocenters. The van der Waals surface area contributed by atoms with Gasteiger partial charge in [0.2, 0.25) is 0 Å². The zero-order chi connectivity index (χ0) is 13.8. The Balaban J connectivity index is 2.50. The van der Waals surface area contributed by atoms with Crippen LogP contribution in [-0.2, 0) is 4.79 Å². The van der Waals surface area contributed by atoms with E-state index >= 15 is 0 Å². The fourth-order valence-corrected chi connectivity index (χ4v) is 1.48. The maximum atomic E-state index is 11.7. The van der Waals surface area contributed by atoms with E-state index in [2.05, 4.69) is 5.32 Å². The Morgan fingerprint density at radius 1 is 1.44 bits per heavy atom. The lowest BCUT2D eigenvalue weighted by Crippen LogP contribution is -2.44. The van der Waals surface area contributed by atoms with Crippen molar-refractivity contribution in [2.24, 2.45) is 0 Å². The van der Waals surface area contributed by atoms with Crippen LogP contribution in [-0.4, -0.2) is 18.1 Å². The van der Waals surface area contributed by atoms with Crippen LogP contribution in [0, 0.1) is 6.92 Å². The third kappa shape index (κ3) is 4.57. The standard InChI is InChI=1S/C14H20ClNO2/c1-5-14(3,4)16-13(17)9-18-11-6-7-12(15)10(2)8-11/h6-8H,5,9H2,1-4H3,(H,16,17). The van der Waals surface area contributed by atoms with Crippen LogP contribution < -0.4 is 10.1 Å².